The molecule has 0 saturated carbocycles. The molecule has 0 aliphatic carbocycles. The summed E-state index contributed by atoms with van der Waals surface area (Å²) in [5.74, 6) is 1.10. The van der Waals surface area contributed by atoms with Gasteiger partial charge in [0.25, 0.3) is 0 Å². The number of methoxy groups -OCH3 is 1. The number of amides is 2. The maximum absolute atomic E-state index is 12.2. The SMILES string of the molecule is COc1ccc(C(C)N(C)CC(=O)NCCCN2CCCCCC2=O)cc1. The number of nitrogens with zero attached hydrogens (tertiary/aromatic N) is 2. The zero-order valence-electron chi connectivity index (χ0n) is 16.9. The van der Waals surface area contributed by atoms with Gasteiger partial charge in [0, 0.05) is 32.1 Å². The summed E-state index contributed by atoms with van der Waals surface area (Å²) < 4.78 is 5.18. The zero-order chi connectivity index (χ0) is 19.6. The van der Waals surface area contributed by atoms with Crippen molar-refractivity contribution in [1.82, 2.24) is 15.1 Å². The van der Waals surface area contributed by atoms with Crippen LogP contribution < -0.4 is 10.1 Å². The van der Waals surface area contributed by atoms with Crippen molar-refractivity contribution in [2.75, 3.05) is 40.3 Å². The standard InChI is InChI=1S/C21H33N3O3/c1-17(18-9-11-19(27-3)12-10-18)23(2)16-20(25)22-13-7-15-24-14-6-4-5-8-21(24)26/h9-12,17H,4-8,13-16H2,1-3H3,(H,22,25). The van der Waals surface area contributed by atoms with Crippen LogP contribution in [0.4, 0.5) is 0 Å². The first-order valence-corrected chi connectivity index (χ1v) is 9.90. The van der Waals surface area contributed by atoms with Gasteiger partial charge in [-0.1, -0.05) is 18.6 Å². The van der Waals surface area contributed by atoms with E-state index in [0.29, 0.717) is 19.5 Å². The highest BCUT2D eigenvalue weighted by Crippen LogP contribution is 2.21. The number of likely N-dealkylation sites (N-methyl/N-ethyl adjacent to an activating group) is 1. The zero-order valence-corrected chi connectivity index (χ0v) is 16.9. The van der Waals surface area contributed by atoms with Crippen LogP contribution in [0.2, 0.25) is 0 Å². The van der Waals surface area contributed by atoms with Gasteiger partial charge in [-0.2, -0.15) is 0 Å². The predicted octanol–water partition coefficient (Wildman–Crippen LogP) is 2.60. The van der Waals surface area contributed by atoms with Crippen molar-refractivity contribution < 1.29 is 14.3 Å². The highest BCUT2D eigenvalue weighted by molar-refractivity contribution is 5.78. The van der Waals surface area contributed by atoms with E-state index in [9.17, 15) is 9.59 Å². The summed E-state index contributed by atoms with van der Waals surface area (Å²) in [5.41, 5.74) is 1.14. The number of hydrogen-bond donors (Lipinski definition) is 1. The second-order valence-corrected chi connectivity index (χ2v) is 7.26. The van der Waals surface area contributed by atoms with Crippen LogP contribution >= 0.6 is 0 Å². The van der Waals surface area contributed by atoms with Crippen molar-refractivity contribution in [2.45, 2.75) is 45.1 Å². The van der Waals surface area contributed by atoms with Crippen molar-refractivity contribution in [3.63, 3.8) is 0 Å². The first kappa shape index (κ1) is 21.2. The minimum Gasteiger partial charge on any atom is -0.497 e. The molecule has 2 amide bonds. The Morgan fingerprint density at radius 1 is 1.26 bits per heavy atom. The molecular formula is C21H33N3O3. The summed E-state index contributed by atoms with van der Waals surface area (Å²) in [6, 6.07) is 8.05. The van der Waals surface area contributed by atoms with E-state index < -0.39 is 0 Å². The Morgan fingerprint density at radius 2 is 2.00 bits per heavy atom. The maximum Gasteiger partial charge on any atom is 0.234 e. The number of carbonyl (C=O) groups is 2. The van der Waals surface area contributed by atoms with E-state index in [-0.39, 0.29) is 17.9 Å². The first-order valence-electron chi connectivity index (χ1n) is 9.90. The normalized spacial score (nSPS) is 16.1. The molecule has 0 spiro atoms. The van der Waals surface area contributed by atoms with Gasteiger partial charge in [-0.15, -0.1) is 0 Å². The molecule has 6 nitrogen and oxygen atoms in total. The lowest BCUT2D eigenvalue weighted by Crippen LogP contribution is -2.38. The van der Waals surface area contributed by atoms with Gasteiger partial charge in [-0.25, -0.2) is 0 Å². The Kier molecular flexibility index (Phi) is 8.58. The average Bonchev–Trinajstić information content (AvgIpc) is 2.88. The summed E-state index contributed by atoms with van der Waals surface area (Å²) in [7, 11) is 3.60. The molecule has 0 aromatic heterocycles. The summed E-state index contributed by atoms with van der Waals surface area (Å²) in [6.07, 6.45) is 4.70. The molecular weight excluding hydrogens is 342 g/mol. The highest BCUT2D eigenvalue weighted by atomic mass is 16.5. The molecule has 0 radical (unpaired) electrons. The molecule has 1 aromatic rings. The quantitative estimate of drug-likeness (QED) is 0.674. The van der Waals surface area contributed by atoms with E-state index in [1.54, 1.807) is 7.11 Å². The Balaban J connectivity index is 1.68. The number of likely N-dealkylation sites (tertiary alicyclic amines) is 1. The smallest absolute Gasteiger partial charge is 0.234 e. The third-order valence-corrected chi connectivity index (χ3v) is 5.25. The first-order chi connectivity index (χ1) is 13.0. The van der Waals surface area contributed by atoms with Crippen LogP contribution in [0.25, 0.3) is 0 Å². The monoisotopic (exact) mass is 375 g/mol. The summed E-state index contributed by atoms with van der Waals surface area (Å²) in [5, 5.41) is 2.97. The Morgan fingerprint density at radius 3 is 2.70 bits per heavy atom. The summed E-state index contributed by atoms with van der Waals surface area (Å²) in [4.78, 5) is 28.1. The molecule has 1 aliphatic rings. The molecule has 1 aromatic carbocycles. The van der Waals surface area contributed by atoms with Crippen LogP contribution in [0.3, 0.4) is 0 Å². The lowest BCUT2D eigenvalue weighted by Gasteiger charge is -2.25. The molecule has 1 N–H and O–H groups in total. The van der Waals surface area contributed by atoms with Gasteiger partial charge < -0.3 is 15.0 Å². The minimum atomic E-state index is 0.0139. The van der Waals surface area contributed by atoms with Crippen LogP contribution in [0.5, 0.6) is 5.75 Å². The summed E-state index contributed by atoms with van der Waals surface area (Å²) in [6.45, 7) is 4.62. The fourth-order valence-electron chi connectivity index (χ4n) is 3.33. The second-order valence-electron chi connectivity index (χ2n) is 7.26. The third-order valence-electron chi connectivity index (χ3n) is 5.25. The summed E-state index contributed by atoms with van der Waals surface area (Å²) >= 11 is 0. The number of carbonyl (C=O) groups excluding carboxylic acids is 2. The van der Waals surface area contributed by atoms with Gasteiger partial charge in [-0.05, 0) is 50.9 Å². The van der Waals surface area contributed by atoms with Crippen molar-refractivity contribution in [3.8, 4) is 5.75 Å². The van der Waals surface area contributed by atoms with E-state index in [1.165, 1.54) is 0 Å². The number of nitrogens with one attached hydrogen (secondary N) is 1. The van der Waals surface area contributed by atoms with Crippen molar-refractivity contribution in [1.29, 1.82) is 0 Å². The van der Waals surface area contributed by atoms with E-state index >= 15 is 0 Å². The molecule has 1 saturated heterocycles. The molecule has 6 heteroatoms. The van der Waals surface area contributed by atoms with E-state index in [2.05, 4.69) is 12.2 Å². The minimum absolute atomic E-state index is 0.0139. The number of rotatable bonds is 9. The maximum atomic E-state index is 12.2. The van der Waals surface area contributed by atoms with Crippen molar-refractivity contribution in [3.05, 3.63) is 29.8 Å². The number of benzene rings is 1. The molecule has 0 bridgehead atoms. The Hall–Kier alpha value is -2.08. The van der Waals surface area contributed by atoms with Crippen LogP contribution in [-0.4, -0.2) is 62.0 Å². The van der Waals surface area contributed by atoms with Gasteiger partial charge in [-0.3, -0.25) is 14.5 Å². The van der Waals surface area contributed by atoms with Crippen LogP contribution in [-0.2, 0) is 9.59 Å². The molecule has 1 fully saturated rings. The van der Waals surface area contributed by atoms with Gasteiger partial charge in [0.05, 0.1) is 13.7 Å². The van der Waals surface area contributed by atoms with Crippen molar-refractivity contribution in [2.24, 2.45) is 0 Å². The van der Waals surface area contributed by atoms with E-state index in [0.717, 1.165) is 50.1 Å². The predicted molar refractivity (Wildman–Crippen MR) is 107 cm³/mol. The molecule has 150 valence electrons. The highest BCUT2D eigenvalue weighted by Gasteiger charge is 2.17. The van der Waals surface area contributed by atoms with Gasteiger partial charge in [0.2, 0.25) is 11.8 Å². The molecule has 2 rings (SSSR count). The Bertz CT molecular complexity index is 603. The molecule has 1 unspecified atom stereocenters. The van der Waals surface area contributed by atoms with E-state index in [1.807, 2.05) is 41.1 Å². The van der Waals surface area contributed by atoms with Gasteiger partial charge in [0.15, 0.2) is 0 Å². The molecule has 1 aliphatic heterocycles. The third kappa shape index (κ3) is 6.86. The van der Waals surface area contributed by atoms with Crippen LogP contribution in [0.1, 0.15) is 50.6 Å². The van der Waals surface area contributed by atoms with Gasteiger partial charge in [0.1, 0.15) is 5.75 Å². The lowest BCUT2D eigenvalue weighted by molar-refractivity contribution is -0.130. The number of hydrogen-bond acceptors (Lipinski definition) is 4. The fourth-order valence-corrected chi connectivity index (χ4v) is 3.33. The molecule has 27 heavy (non-hydrogen) atoms. The largest absolute Gasteiger partial charge is 0.497 e. The second kappa shape index (κ2) is 10.9. The van der Waals surface area contributed by atoms with Crippen LogP contribution in [0, 0.1) is 0 Å². The van der Waals surface area contributed by atoms with Gasteiger partial charge >= 0.3 is 0 Å². The fraction of sp³-hybridized carbons (Fsp3) is 0.619. The molecule has 1 atom stereocenters. The van der Waals surface area contributed by atoms with E-state index in [4.69, 9.17) is 4.74 Å². The molecule has 1 heterocycles. The lowest BCUT2D eigenvalue weighted by atomic mass is 10.1. The van der Waals surface area contributed by atoms with Crippen molar-refractivity contribution >= 4 is 11.8 Å². The Labute approximate surface area is 162 Å². The number of ether oxygens (including phenoxy) is 1. The average molecular weight is 376 g/mol. The topological polar surface area (TPSA) is 61.9 Å². The van der Waals surface area contributed by atoms with Crippen LogP contribution in [0.15, 0.2) is 24.3 Å².